The van der Waals surface area contributed by atoms with Gasteiger partial charge >= 0.3 is 0 Å². The zero-order valence-electron chi connectivity index (χ0n) is 9.78. The number of hydrogen-bond acceptors (Lipinski definition) is 4. The van der Waals surface area contributed by atoms with Gasteiger partial charge in [-0.15, -0.1) is 11.8 Å². The monoisotopic (exact) mass is 227 g/mol. The van der Waals surface area contributed by atoms with Gasteiger partial charge in [-0.05, 0) is 26.7 Å². The van der Waals surface area contributed by atoms with E-state index in [1.807, 2.05) is 11.8 Å². The molecule has 1 saturated heterocycles. The van der Waals surface area contributed by atoms with Crippen LogP contribution in [0.1, 0.15) is 26.7 Å². The van der Waals surface area contributed by atoms with E-state index >= 15 is 0 Å². The quantitative estimate of drug-likeness (QED) is 0.733. The van der Waals surface area contributed by atoms with Crippen LogP contribution in [0.25, 0.3) is 0 Å². The summed E-state index contributed by atoms with van der Waals surface area (Å²) < 4.78 is 0. The van der Waals surface area contributed by atoms with Crippen LogP contribution < -0.4 is 0 Å². The maximum absolute atomic E-state index is 4.84. The van der Waals surface area contributed by atoms with Crippen molar-refractivity contribution < 1.29 is 0 Å². The largest absolute Gasteiger partial charge is 0.360 e. The lowest BCUT2D eigenvalue weighted by atomic mass is 10.4. The fourth-order valence-electron chi connectivity index (χ4n) is 2.26. The lowest BCUT2D eigenvalue weighted by Crippen LogP contribution is -2.31. The van der Waals surface area contributed by atoms with E-state index in [9.17, 15) is 0 Å². The molecule has 86 valence electrons. The molecule has 2 aliphatic rings. The van der Waals surface area contributed by atoms with Crippen LogP contribution in [-0.4, -0.2) is 53.1 Å². The molecule has 0 amide bonds. The summed E-state index contributed by atoms with van der Waals surface area (Å²) in [4.78, 5) is 9.74. The van der Waals surface area contributed by atoms with Crippen LogP contribution in [0.3, 0.4) is 0 Å². The summed E-state index contributed by atoms with van der Waals surface area (Å²) in [6.07, 6.45) is 2.71. The zero-order chi connectivity index (χ0) is 10.7. The van der Waals surface area contributed by atoms with Crippen molar-refractivity contribution in [3.63, 3.8) is 0 Å². The van der Waals surface area contributed by atoms with Gasteiger partial charge in [-0.25, -0.2) is 4.99 Å². The molecule has 0 spiro atoms. The highest BCUT2D eigenvalue weighted by Crippen LogP contribution is 2.27. The van der Waals surface area contributed by atoms with Gasteiger partial charge in [0.15, 0.2) is 5.50 Å². The highest BCUT2D eigenvalue weighted by Gasteiger charge is 2.27. The Labute approximate surface area is 96.9 Å². The third kappa shape index (κ3) is 2.48. The van der Waals surface area contributed by atoms with Gasteiger partial charge in [0, 0.05) is 26.2 Å². The normalized spacial score (nSPS) is 27.1. The molecule has 15 heavy (non-hydrogen) atoms. The average Bonchev–Trinajstić information content (AvgIpc) is 2.89. The maximum Gasteiger partial charge on any atom is 0.151 e. The molecule has 1 fully saturated rings. The molecule has 3 nitrogen and oxygen atoms in total. The second-order valence-electron chi connectivity index (χ2n) is 4.10. The highest BCUT2D eigenvalue weighted by molar-refractivity contribution is 8.00. The summed E-state index contributed by atoms with van der Waals surface area (Å²) in [7, 11) is 0. The summed E-state index contributed by atoms with van der Waals surface area (Å²) in [5.74, 6) is 2.41. The number of rotatable bonds is 3. The molecule has 0 bridgehead atoms. The Balaban J connectivity index is 1.95. The standard InChI is InChI=1S/C11H21N3S/c1-3-13(4-2)10-9-15-11(12-10)14-7-5-6-8-14/h11H,3-9H2,1-2H3. The molecule has 0 aliphatic carbocycles. The molecule has 0 N–H and O–H groups in total. The minimum Gasteiger partial charge on any atom is -0.360 e. The second-order valence-corrected chi connectivity index (χ2v) is 5.14. The number of thioether (sulfide) groups is 1. The van der Waals surface area contributed by atoms with E-state index in [1.54, 1.807) is 0 Å². The van der Waals surface area contributed by atoms with E-state index < -0.39 is 0 Å². The van der Waals surface area contributed by atoms with Crippen molar-refractivity contribution in [2.75, 3.05) is 31.9 Å². The number of hydrogen-bond donors (Lipinski definition) is 0. The molecule has 0 aromatic heterocycles. The van der Waals surface area contributed by atoms with E-state index in [0.29, 0.717) is 5.50 Å². The van der Waals surface area contributed by atoms with Crippen LogP contribution in [0, 0.1) is 0 Å². The van der Waals surface area contributed by atoms with E-state index in [4.69, 9.17) is 4.99 Å². The lowest BCUT2D eigenvalue weighted by Gasteiger charge is -2.20. The van der Waals surface area contributed by atoms with E-state index in [1.165, 1.54) is 31.8 Å². The molecule has 0 aromatic carbocycles. The molecular weight excluding hydrogens is 206 g/mol. The van der Waals surface area contributed by atoms with Crippen molar-refractivity contribution in [3.05, 3.63) is 0 Å². The molecule has 0 saturated carbocycles. The predicted molar refractivity (Wildman–Crippen MR) is 67.4 cm³/mol. The van der Waals surface area contributed by atoms with E-state index in [-0.39, 0.29) is 0 Å². The minimum atomic E-state index is 0.420. The fourth-order valence-corrected chi connectivity index (χ4v) is 3.44. The smallest absolute Gasteiger partial charge is 0.151 e. The molecule has 0 aromatic rings. The van der Waals surface area contributed by atoms with Gasteiger partial charge in [0.1, 0.15) is 5.84 Å². The number of amidine groups is 1. The van der Waals surface area contributed by atoms with Gasteiger partial charge in [0.2, 0.25) is 0 Å². The first-order chi connectivity index (χ1) is 7.35. The number of aliphatic imine (C=N–C) groups is 1. The van der Waals surface area contributed by atoms with Crippen LogP contribution >= 0.6 is 11.8 Å². The van der Waals surface area contributed by atoms with Crippen molar-refractivity contribution in [2.24, 2.45) is 4.99 Å². The minimum absolute atomic E-state index is 0.420. The van der Waals surface area contributed by atoms with Gasteiger partial charge in [-0.1, -0.05) is 0 Å². The Morgan fingerprint density at radius 3 is 2.60 bits per heavy atom. The Morgan fingerprint density at radius 2 is 2.00 bits per heavy atom. The van der Waals surface area contributed by atoms with Crippen molar-refractivity contribution >= 4 is 17.6 Å². The maximum atomic E-state index is 4.84. The van der Waals surface area contributed by atoms with E-state index in [2.05, 4.69) is 23.6 Å². The molecule has 4 heteroatoms. The van der Waals surface area contributed by atoms with Crippen LogP contribution in [-0.2, 0) is 0 Å². The second kappa shape index (κ2) is 5.21. The Kier molecular flexibility index (Phi) is 3.92. The first kappa shape index (κ1) is 11.3. The topological polar surface area (TPSA) is 18.8 Å². The molecule has 2 aliphatic heterocycles. The summed E-state index contributed by atoms with van der Waals surface area (Å²) in [6.45, 7) is 9.07. The average molecular weight is 227 g/mol. The summed E-state index contributed by atoms with van der Waals surface area (Å²) in [5, 5.41) is 0. The molecule has 1 atom stereocenters. The first-order valence-electron chi connectivity index (χ1n) is 6.02. The van der Waals surface area contributed by atoms with Crippen LogP contribution in [0.4, 0.5) is 0 Å². The molecular formula is C11H21N3S. The Morgan fingerprint density at radius 1 is 1.33 bits per heavy atom. The van der Waals surface area contributed by atoms with Crippen molar-refractivity contribution in [2.45, 2.75) is 32.2 Å². The van der Waals surface area contributed by atoms with Crippen molar-refractivity contribution in [1.29, 1.82) is 0 Å². The molecule has 0 radical (unpaired) electrons. The Bertz CT molecular complexity index is 232. The summed E-state index contributed by atoms with van der Waals surface area (Å²) >= 11 is 1.99. The molecule has 1 unspecified atom stereocenters. The predicted octanol–water partition coefficient (Wildman–Crippen LogP) is 1.85. The molecule has 2 rings (SSSR count). The third-order valence-corrected chi connectivity index (χ3v) is 4.33. The number of nitrogens with zero attached hydrogens (tertiary/aromatic N) is 3. The Hall–Kier alpha value is -0.220. The van der Waals surface area contributed by atoms with Crippen molar-refractivity contribution in [3.8, 4) is 0 Å². The van der Waals surface area contributed by atoms with Crippen molar-refractivity contribution in [1.82, 2.24) is 9.80 Å². The summed E-state index contributed by atoms with van der Waals surface area (Å²) in [5.41, 5.74) is 0.420. The van der Waals surface area contributed by atoms with Gasteiger partial charge in [0.05, 0.1) is 5.75 Å². The SMILES string of the molecule is CCN(CC)C1=NC(N2CCCC2)SC1. The third-order valence-electron chi connectivity index (χ3n) is 3.20. The van der Waals surface area contributed by atoms with Crippen LogP contribution in [0.5, 0.6) is 0 Å². The van der Waals surface area contributed by atoms with Gasteiger partial charge < -0.3 is 4.90 Å². The van der Waals surface area contributed by atoms with E-state index in [0.717, 1.165) is 18.8 Å². The summed E-state index contributed by atoms with van der Waals surface area (Å²) in [6, 6.07) is 0. The molecule has 2 heterocycles. The number of likely N-dealkylation sites (tertiary alicyclic amines) is 1. The zero-order valence-corrected chi connectivity index (χ0v) is 10.6. The van der Waals surface area contributed by atoms with Crippen LogP contribution in [0.2, 0.25) is 0 Å². The van der Waals surface area contributed by atoms with Gasteiger partial charge in [-0.2, -0.15) is 0 Å². The highest BCUT2D eigenvalue weighted by atomic mass is 32.2. The van der Waals surface area contributed by atoms with Crippen LogP contribution in [0.15, 0.2) is 4.99 Å². The fraction of sp³-hybridized carbons (Fsp3) is 0.909. The first-order valence-corrected chi connectivity index (χ1v) is 7.07. The lowest BCUT2D eigenvalue weighted by molar-refractivity contribution is 0.323. The van der Waals surface area contributed by atoms with Gasteiger partial charge in [0.25, 0.3) is 0 Å². The van der Waals surface area contributed by atoms with Gasteiger partial charge in [-0.3, -0.25) is 4.90 Å².